The number of carbonyl (C=O) groups is 3. The monoisotopic (exact) mass is 445 g/mol. The van der Waals surface area contributed by atoms with Crippen LogP contribution in [0.2, 0.25) is 0 Å². The molecular weight excluding hydrogens is 422 g/mol. The zero-order valence-corrected chi connectivity index (χ0v) is 18.8. The van der Waals surface area contributed by atoms with Crippen LogP contribution in [0.25, 0.3) is 11.6 Å². The summed E-state index contributed by atoms with van der Waals surface area (Å²) in [5.41, 5.74) is 3.93. The van der Waals surface area contributed by atoms with Crippen LogP contribution < -0.4 is 24.6 Å². The third-order valence-corrected chi connectivity index (χ3v) is 6.27. The zero-order chi connectivity index (χ0) is 23.5. The van der Waals surface area contributed by atoms with Gasteiger partial charge in [0.25, 0.3) is 11.8 Å². The highest BCUT2D eigenvalue weighted by Crippen LogP contribution is 2.39. The fraction of sp³-hybridized carbons (Fsp3) is 0.240. The van der Waals surface area contributed by atoms with E-state index in [0.717, 1.165) is 21.7 Å². The molecule has 3 aliphatic heterocycles. The Kier molecular flexibility index (Phi) is 4.56. The van der Waals surface area contributed by atoms with Gasteiger partial charge in [-0.05, 0) is 62.2 Å². The second kappa shape index (κ2) is 7.23. The van der Waals surface area contributed by atoms with Crippen molar-refractivity contribution in [3.63, 3.8) is 0 Å². The second-order valence-electron chi connectivity index (χ2n) is 8.81. The molecule has 0 spiro atoms. The molecule has 8 heteroatoms. The van der Waals surface area contributed by atoms with Crippen LogP contribution in [0, 0.1) is 0 Å². The number of urea groups is 1. The van der Waals surface area contributed by atoms with Gasteiger partial charge in [0.2, 0.25) is 6.79 Å². The van der Waals surface area contributed by atoms with Crippen molar-refractivity contribution in [2.24, 2.45) is 0 Å². The summed E-state index contributed by atoms with van der Waals surface area (Å²) in [7, 11) is 2.03. The lowest BCUT2D eigenvalue weighted by Gasteiger charge is -2.40. The molecule has 3 heterocycles. The Morgan fingerprint density at radius 2 is 1.79 bits per heavy atom. The first-order chi connectivity index (χ1) is 15.7. The van der Waals surface area contributed by atoms with Crippen LogP contribution in [-0.2, 0) is 9.59 Å². The number of ether oxygens (including phenoxy) is 2. The molecule has 1 saturated heterocycles. The molecule has 3 aliphatic rings. The highest BCUT2D eigenvalue weighted by atomic mass is 16.7. The molecule has 1 N–H and O–H groups in total. The van der Waals surface area contributed by atoms with E-state index >= 15 is 0 Å². The summed E-state index contributed by atoms with van der Waals surface area (Å²) in [5, 5.41) is 2.25. The smallest absolute Gasteiger partial charge is 0.335 e. The van der Waals surface area contributed by atoms with Crippen molar-refractivity contribution < 1.29 is 23.9 Å². The average Bonchev–Trinajstić information content (AvgIpc) is 3.23. The third-order valence-electron chi connectivity index (χ3n) is 6.27. The summed E-state index contributed by atoms with van der Waals surface area (Å²) in [6.45, 7) is 6.40. The Labute approximate surface area is 191 Å². The van der Waals surface area contributed by atoms with Crippen molar-refractivity contribution in [2.75, 3.05) is 23.6 Å². The molecule has 0 saturated carbocycles. The van der Waals surface area contributed by atoms with Gasteiger partial charge < -0.3 is 14.4 Å². The normalized spacial score (nSPS) is 20.1. The Hall–Kier alpha value is -4.07. The largest absolute Gasteiger partial charge is 0.454 e. The van der Waals surface area contributed by atoms with Crippen molar-refractivity contribution in [1.82, 2.24) is 5.32 Å². The molecule has 0 atom stereocenters. The SMILES string of the molecule is CC1=CC(C)(C)N(C)c2ccc(/C=C3\C(=O)NC(=O)N(c4ccc5c(c4)OCO5)C3=O)cc21. The first-order valence-corrected chi connectivity index (χ1v) is 10.5. The Morgan fingerprint density at radius 1 is 1.03 bits per heavy atom. The van der Waals surface area contributed by atoms with E-state index in [-0.39, 0.29) is 23.6 Å². The lowest BCUT2D eigenvalue weighted by atomic mass is 9.88. The topological polar surface area (TPSA) is 88.2 Å². The average molecular weight is 445 g/mol. The number of nitrogens with zero attached hydrogens (tertiary/aromatic N) is 2. The summed E-state index contributed by atoms with van der Waals surface area (Å²) in [4.78, 5) is 41.4. The number of allylic oxidation sites excluding steroid dienone is 1. The van der Waals surface area contributed by atoms with E-state index in [0.29, 0.717) is 17.1 Å². The van der Waals surface area contributed by atoms with Gasteiger partial charge in [0.05, 0.1) is 11.2 Å². The Morgan fingerprint density at radius 3 is 2.58 bits per heavy atom. The summed E-state index contributed by atoms with van der Waals surface area (Å²) in [5.74, 6) is -0.475. The van der Waals surface area contributed by atoms with Crippen molar-refractivity contribution in [3.8, 4) is 11.5 Å². The van der Waals surface area contributed by atoms with Crippen molar-refractivity contribution in [2.45, 2.75) is 26.3 Å². The standard InChI is InChI=1S/C25H23N3O5/c1-14-12-25(2,3)27(4)19-7-5-15(9-17(14)19)10-18-22(29)26-24(31)28(23(18)30)16-6-8-20-21(11-16)33-13-32-20/h5-12H,13H2,1-4H3,(H,26,29,31)/b18-10+. The van der Waals surface area contributed by atoms with E-state index in [1.54, 1.807) is 12.1 Å². The summed E-state index contributed by atoms with van der Waals surface area (Å²) in [6.07, 6.45) is 3.70. The summed E-state index contributed by atoms with van der Waals surface area (Å²) < 4.78 is 10.6. The molecule has 0 unspecified atom stereocenters. The molecule has 0 aliphatic carbocycles. The molecule has 168 valence electrons. The highest BCUT2D eigenvalue weighted by molar-refractivity contribution is 6.39. The fourth-order valence-corrected chi connectivity index (χ4v) is 4.35. The number of barbiturate groups is 1. The predicted octanol–water partition coefficient (Wildman–Crippen LogP) is 3.71. The van der Waals surface area contributed by atoms with E-state index in [4.69, 9.17) is 9.47 Å². The van der Waals surface area contributed by atoms with Gasteiger partial charge in [0, 0.05) is 24.4 Å². The molecule has 2 aromatic carbocycles. The van der Waals surface area contributed by atoms with Crippen LogP contribution in [0.3, 0.4) is 0 Å². The van der Waals surface area contributed by atoms with Crippen LogP contribution in [0.4, 0.5) is 16.2 Å². The lowest BCUT2D eigenvalue weighted by molar-refractivity contribution is -0.122. The molecular formula is C25H23N3O5. The van der Waals surface area contributed by atoms with E-state index in [1.807, 2.05) is 32.2 Å². The van der Waals surface area contributed by atoms with Crippen LogP contribution in [0.5, 0.6) is 11.5 Å². The molecule has 0 bridgehead atoms. The molecule has 8 nitrogen and oxygen atoms in total. The number of benzene rings is 2. The molecule has 1 fully saturated rings. The van der Waals surface area contributed by atoms with Gasteiger partial charge in [0.15, 0.2) is 11.5 Å². The maximum absolute atomic E-state index is 13.2. The molecule has 5 rings (SSSR count). The number of fused-ring (bicyclic) bond motifs is 2. The first kappa shape index (κ1) is 20.8. The van der Waals surface area contributed by atoms with Crippen LogP contribution in [0.15, 0.2) is 48.0 Å². The van der Waals surface area contributed by atoms with Crippen LogP contribution in [0.1, 0.15) is 31.9 Å². The Bertz CT molecular complexity index is 1290. The minimum absolute atomic E-state index is 0.0706. The van der Waals surface area contributed by atoms with E-state index in [9.17, 15) is 14.4 Å². The van der Waals surface area contributed by atoms with Crippen LogP contribution >= 0.6 is 0 Å². The first-order valence-electron chi connectivity index (χ1n) is 10.5. The maximum Gasteiger partial charge on any atom is 0.335 e. The fourth-order valence-electron chi connectivity index (χ4n) is 4.35. The number of anilines is 2. The van der Waals surface area contributed by atoms with E-state index in [2.05, 4.69) is 30.1 Å². The number of nitrogens with one attached hydrogen (secondary N) is 1. The molecule has 0 aromatic heterocycles. The molecule has 4 amide bonds. The van der Waals surface area contributed by atoms with Gasteiger partial charge in [-0.25, -0.2) is 9.69 Å². The van der Waals surface area contributed by atoms with Gasteiger partial charge in [-0.3, -0.25) is 14.9 Å². The molecule has 2 aromatic rings. The van der Waals surface area contributed by atoms with Crippen molar-refractivity contribution in [1.29, 1.82) is 0 Å². The van der Waals surface area contributed by atoms with Gasteiger partial charge in [-0.1, -0.05) is 12.1 Å². The highest BCUT2D eigenvalue weighted by Gasteiger charge is 2.37. The quantitative estimate of drug-likeness (QED) is 0.560. The molecule has 0 radical (unpaired) electrons. The van der Waals surface area contributed by atoms with Crippen LogP contribution in [-0.4, -0.2) is 37.2 Å². The van der Waals surface area contributed by atoms with E-state index in [1.165, 1.54) is 12.1 Å². The van der Waals surface area contributed by atoms with Gasteiger partial charge >= 0.3 is 6.03 Å². The van der Waals surface area contributed by atoms with E-state index < -0.39 is 17.8 Å². The van der Waals surface area contributed by atoms with Gasteiger partial charge in [0.1, 0.15) is 5.57 Å². The van der Waals surface area contributed by atoms with Gasteiger partial charge in [-0.15, -0.1) is 0 Å². The number of imide groups is 2. The summed E-state index contributed by atoms with van der Waals surface area (Å²) >= 11 is 0. The minimum atomic E-state index is -0.811. The predicted molar refractivity (Wildman–Crippen MR) is 124 cm³/mol. The minimum Gasteiger partial charge on any atom is -0.454 e. The number of carbonyl (C=O) groups excluding carboxylic acids is 3. The number of likely N-dealkylation sites (N-methyl/N-ethyl adjacent to an activating group) is 1. The van der Waals surface area contributed by atoms with Crippen molar-refractivity contribution >= 4 is 40.9 Å². The second-order valence-corrected chi connectivity index (χ2v) is 8.81. The summed E-state index contributed by atoms with van der Waals surface area (Å²) in [6, 6.07) is 9.71. The number of amides is 4. The number of rotatable bonds is 2. The number of hydrogen-bond acceptors (Lipinski definition) is 6. The maximum atomic E-state index is 13.2. The zero-order valence-electron chi connectivity index (χ0n) is 18.8. The van der Waals surface area contributed by atoms with Gasteiger partial charge in [-0.2, -0.15) is 0 Å². The number of hydrogen-bond donors (Lipinski definition) is 1. The molecule has 33 heavy (non-hydrogen) atoms. The third kappa shape index (κ3) is 3.34. The lowest BCUT2D eigenvalue weighted by Crippen LogP contribution is -2.54. The van der Waals surface area contributed by atoms with Crippen molar-refractivity contribution in [3.05, 3.63) is 59.2 Å². The Balaban J connectivity index is 1.52.